The van der Waals surface area contributed by atoms with E-state index in [-0.39, 0.29) is 0 Å². The maximum Gasteiger partial charge on any atom is 0.115 e. The van der Waals surface area contributed by atoms with Gasteiger partial charge in [-0.15, -0.1) is 0 Å². The number of benzene rings is 1. The van der Waals surface area contributed by atoms with Gasteiger partial charge in [0.15, 0.2) is 0 Å². The zero-order chi connectivity index (χ0) is 11.4. The highest BCUT2D eigenvalue weighted by Crippen LogP contribution is 2.26. The summed E-state index contributed by atoms with van der Waals surface area (Å²) in [5.41, 5.74) is 1.24. The van der Waals surface area contributed by atoms with E-state index in [0.717, 1.165) is 11.8 Å². The number of phenolic OH excluding ortho intramolecular Hbond substituents is 1. The maximum absolute atomic E-state index is 9.22. The van der Waals surface area contributed by atoms with Crippen LogP contribution in [0.3, 0.4) is 0 Å². The fourth-order valence-electron chi connectivity index (χ4n) is 1.99. The standard InChI is InChI=1S/C13H19NOS/c1-10(11-4-6-12(15)7-5-11)14-9-13-3-2-8-16-13/h4-7,10,13-15H,2-3,8-9H2,1H3. The highest BCUT2D eigenvalue weighted by molar-refractivity contribution is 8.00. The molecule has 0 aliphatic carbocycles. The molecule has 0 radical (unpaired) electrons. The molecule has 1 aliphatic rings. The molecule has 16 heavy (non-hydrogen) atoms. The van der Waals surface area contributed by atoms with Crippen LogP contribution in [0.1, 0.15) is 31.4 Å². The lowest BCUT2D eigenvalue weighted by Crippen LogP contribution is -2.26. The van der Waals surface area contributed by atoms with E-state index in [1.54, 1.807) is 12.1 Å². The number of hydrogen-bond acceptors (Lipinski definition) is 3. The minimum Gasteiger partial charge on any atom is -0.508 e. The van der Waals surface area contributed by atoms with Gasteiger partial charge in [-0.2, -0.15) is 11.8 Å². The summed E-state index contributed by atoms with van der Waals surface area (Å²) in [5, 5.41) is 13.6. The third-order valence-electron chi connectivity index (χ3n) is 3.07. The second-order valence-corrected chi connectivity index (χ2v) is 5.76. The Balaban J connectivity index is 1.82. The van der Waals surface area contributed by atoms with E-state index in [4.69, 9.17) is 0 Å². The van der Waals surface area contributed by atoms with Crippen LogP contribution in [-0.4, -0.2) is 22.7 Å². The summed E-state index contributed by atoms with van der Waals surface area (Å²) in [5.74, 6) is 1.65. The third-order valence-corrected chi connectivity index (χ3v) is 4.47. The van der Waals surface area contributed by atoms with Crippen LogP contribution in [-0.2, 0) is 0 Å². The zero-order valence-electron chi connectivity index (χ0n) is 9.65. The largest absolute Gasteiger partial charge is 0.508 e. The van der Waals surface area contributed by atoms with Gasteiger partial charge in [0.1, 0.15) is 5.75 Å². The Morgan fingerprint density at radius 3 is 2.81 bits per heavy atom. The number of phenols is 1. The first kappa shape index (κ1) is 11.8. The van der Waals surface area contributed by atoms with Crippen molar-refractivity contribution < 1.29 is 5.11 Å². The quantitative estimate of drug-likeness (QED) is 0.844. The minimum absolute atomic E-state index is 0.335. The van der Waals surface area contributed by atoms with Gasteiger partial charge in [0.25, 0.3) is 0 Å². The van der Waals surface area contributed by atoms with Crippen molar-refractivity contribution in [3.8, 4) is 5.75 Å². The molecular weight excluding hydrogens is 218 g/mol. The van der Waals surface area contributed by atoms with Crippen LogP contribution in [0, 0.1) is 0 Å². The van der Waals surface area contributed by atoms with E-state index in [1.165, 1.54) is 24.2 Å². The molecule has 3 heteroatoms. The first-order valence-corrected chi connectivity index (χ1v) is 6.94. The maximum atomic E-state index is 9.22. The van der Waals surface area contributed by atoms with Crippen molar-refractivity contribution in [2.45, 2.75) is 31.1 Å². The van der Waals surface area contributed by atoms with E-state index in [0.29, 0.717) is 11.8 Å². The summed E-state index contributed by atoms with van der Waals surface area (Å²) in [6.07, 6.45) is 2.71. The Morgan fingerprint density at radius 1 is 1.44 bits per heavy atom. The lowest BCUT2D eigenvalue weighted by Gasteiger charge is -2.17. The normalized spacial score (nSPS) is 22.2. The average Bonchev–Trinajstić information content (AvgIpc) is 2.80. The van der Waals surface area contributed by atoms with E-state index >= 15 is 0 Å². The van der Waals surface area contributed by atoms with Gasteiger partial charge in [0.2, 0.25) is 0 Å². The summed E-state index contributed by atoms with van der Waals surface area (Å²) in [6, 6.07) is 7.82. The Bertz CT molecular complexity index is 319. The molecule has 1 aromatic carbocycles. The Morgan fingerprint density at radius 2 is 2.19 bits per heavy atom. The van der Waals surface area contributed by atoms with Crippen LogP contribution in [0.2, 0.25) is 0 Å². The van der Waals surface area contributed by atoms with Crippen LogP contribution in [0.25, 0.3) is 0 Å². The molecule has 1 aromatic rings. The summed E-state index contributed by atoms with van der Waals surface area (Å²) in [4.78, 5) is 0. The fourth-order valence-corrected chi connectivity index (χ4v) is 3.21. The van der Waals surface area contributed by atoms with E-state index < -0.39 is 0 Å². The van der Waals surface area contributed by atoms with Gasteiger partial charge in [-0.25, -0.2) is 0 Å². The zero-order valence-corrected chi connectivity index (χ0v) is 10.5. The molecule has 0 aromatic heterocycles. The highest BCUT2D eigenvalue weighted by atomic mass is 32.2. The molecule has 88 valence electrons. The van der Waals surface area contributed by atoms with Gasteiger partial charge < -0.3 is 10.4 Å². The van der Waals surface area contributed by atoms with E-state index in [9.17, 15) is 5.11 Å². The van der Waals surface area contributed by atoms with Crippen LogP contribution in [0.4, 0.5) is 0 Å². The van der Waals surface area contributed by atoms with Crippen molar-refractivity contribution in [2.24, 2.45) is 0 Å². The molecule has 2 unspecified atom stereocenters. The summed E-state index contributed by atoms with van der Waals surface area (Å²) < 4.78 is 0. The van der Waals surface area contributed by atoms with Crippen LogP contribution >= 0.6 is 11.8 Å². The fraction of sp³-hybridized carbons (Fsp3) is 0.538. The monoisotopic (exact) mass is 237 g/mol. The van der Waals surface area contributed by atoms with E-state index in [2.05, 4.69) is 24.0 Å². The van der Waals surface area contributed by atoms with Gasteiger partial charge in [-0.3, -0.25) is 0 Å². The number of nitrogens with one attached hydrogen (secondary N) is 1. The topological polar surface area (TPSA) is 32.3 Å². The van der Waals surface area contributed by atoms with Crippen molar-refractivity contribution in [3.05, 3.63) is 29.8 Å². The van der Waals surface area contributed by atoms with Crippen molar-refractivity contribution in [2.75, 3.05) is 12.3 Å². The molecule has 0 amide bonds. The summed E-state index contributed by atoms with van der Waals surface area (Å²) in [7, 11) is 0. The Hall–Kier alpha value is -0.670. The van der Waals surface area contributed by atoms with Gasteiger partial charge in [-0.05, 0) is 43.2 Å². The summed E-state index contributed by atoms with van der Waals surface area (Å²) in [6.45, 7) is 3.26. The van der Waals surface area contributed by atoms with Gasteiger partial charge in [0.05, 0.1) is 0 Å². The lowest BCUT2D eigenvalue weighted by atomic mass is 10.1. The van der Waals surface area contributed by atoms with Gasteiger partial charge in [0, 0.05) is 17.8 Å². The van der Waals surface area contributed by atoms with Crippen molar-refractivity contribution in [1.82, 2.24) is 5.32 Å². The molecule has 2 N–H and O–H groups in total. The SMILES string of the molecule is CC(NCC1CCCS1)c1ccc(O)cc1. The van der Waals surface area contributed by atoms with Crippen molar-refractivity contribution >= 4 is 11.8 Å². The van der Waals surface area contributed by atoms with Crippen molar-refractivity contribution in [3.63, 3.8) is 0 Å². The predicted molar refractivity (Wildman–Crippen MR) is 70.0 cm³/mol. The second-order valence-electron chi connectivity index (χ2n) is 4.36. The first-order valence-electron chi connectivity index (χ1n) is 5.89. The lowest BCUT2D eigenvalue weighted by molar-refractivity contribution is 0.474. The van der Waals surface area contributed by atoms with Gasteiger partial charge >= 0.3 is 0 Å². The number of thioether (sulfide) groups is 1. The molecule has 1 aliphatic heterocycles. The molecule has 1 saturated heterocycles. The predicted octanol–water partition coefficient (Wildman–Crippen LogP) is 2.94. The molecule has 1 fully saturated rings. The number of rotatable bonds is 4. The molecule has 0 spiro atoms. The van der Waals surface area contributed by atoms with Crippen LogP contribution in [0.5, 0.6) is 5.75 Å². The Labute approximate surface area is 101 Å². The average molecular weight is 237 g/mol. The first-order chi connectivity index (χ1) is 7.75. The highest BCUT2D eigenvalue weighted by Gasteiger charge is 2.16. The molecular formula is C13H19NOS. The number of aromatic hydroxyl groups is 1. The molecule has 2 nitrogen and oxygen atoms in total. The van der Waals surface area contributed by atoms with Crippen LogP contribution < -0.4 is 5.32 Å². The Kier molecular flexibility index (Phi) is 4.13. The summed E-state index contributed by atoms with van der Waals surface area (Å²) >= 11 is 2.08. The van der Waals surface area contributed by atoms with Crippen LogP contribution in [0.15, 0.2) is 24.3 Å². The molecule has 0 saturated carbocycles. The molecule has 2 atom stereocenters. The molecule has 1 heterocycles. The second kappa shape index (κ2) is 5.60. The smallest absolute Gasteiger partial charge is 0.115 e. The van der Waals surface area contributed by atoms with E-state index in [1.807, 2.05) is 12.1 Å². The van der Waals surface area contributed by atoms with Crippen molar-refractivity contribution in [1.29, 1.82) is 0 Å². The van der Waals surface area contributed by atoms with Gasteiger partial charge in [-0.1, -0.05) is 12.1 Å². The third kappa shape index (κ3) is 3.16. The molecule has 0 bridgehead atoms. The number of hydrogen-bond donors (Lipinski definition) is 2. The minimum atomic E-state index is 0.335. The molecule has 2 rings (SSSR count).